The third kappa shape index (κ3) is 5.77. The Bertz CT molecular complexity index is 404. The van der Waals surface area contributed by atoms with E-state index in [0.717, 1.165) is 12.1 Å². The molecule has 0 aliphatic heterocycles. The van der Waals surface area contributed by atoms with Gasteiger partial charge in [-0.15, -0.1) is 0 Å². The molecule has 1 amide bonds. The van der Waals surface area contributed by atoms with Crippen molar-refractivity contribution < 1.29 is 4.79 Å². The molecule has 0 aliphatic rings. The highest BCUT2D eigenvalue weighted by Crippen LogP contribution is 2.27. The first-order chi connectivity index (χ1) is 8.79. The fourth-order valence-corrected chi connectivity index (χ4v) is 1.69. The second kappa shape index (κ2) is 6.60. The summed E-state index contributed by atoms with van der Waals surface area (Å²) in [6.07, 6.45) is 1.43. The number of nitrogens with one attached hydrogen (secondary N) is 1. The van der Waals surface area contributed by atoms with Gasteiger partial charge in [-0.1, -0.05) is 39.8 Å². The Morgan fingerprint density at radius 3 is 2.37 bits per heavy atom. The molecule has 0 saturated heterocycles. The summed E-state index contributed by atoms with van der Waals surface area (Å²) in [5.74, 6) is 0.516. The quantitative estimate of drug-likeness (QED) is 0.801. The molecule has 0 saturated carbocycles. The van der Waals surface area contributed by atoms with E-state index in [1.54, 1.807) is 0 Å². The van der Waals surface area contributed by atoms with E-state index in [-0.39, 0.29) is 11.3 Å². The van der Waals surface area contributed by atoms with Crippen LogP contribution in [0.3, 0.4) is 0 Å². The maximum atomic E-state index is 11.8. The standard InChI is InChI=1S/C16H26N2O/c1-12(16(2,3)4)11-15(19)18-10-9-13-5-7-14(17)8-6-13/h5-8,12H,9-11,17H2,1-4H3,(H,18,19). The summed E-state index contributed by atoms with van der Waals surface area (Å²) in [5.41, 5.74) is 7.77. The number of hydrogen-bond acceptors (Lipinski definition) is 2. The van der Waals surface area contributed by atoms with Crippen molar-refractivity contribution in [3.8, 4) is 0 Å². The zero-order chi connectivity index (χ0) is 14.5. The Labute approximate surface area is 116 Å². The summed E-state index contributed by atoms with van der Waals surface area (Å²) < 4.78 is 0. The third-order valence-corrected chi connectivity index (χ3v) is 3.69. The number of nitrogen functional groups attached to an aromatic ring is 1. The predicted octanol–water partition coefficient (Wildman–Crippen LogP) is 3.00. The van der Waals surface area contributed by atoms with Crippen LogP contribution < -0.4 is 11.1 Å². The van der Waals surface area contributed by atoms with Crippen LogP contribution in [0.4, 0.5) is 5.69 Å². The van der Waals surface area contributed by atoms with Crippen molar-refractivity contribution in [3.63, 3.8) is 0 Å². The second-order valence-electron chi connectivity index (χ2n) is 6.31. The van der Waals surface area contributed by atoms with Gasteiger partial charge in [0.1, 0.15) is 0 Å². The number of rotatable bonds is 5. The topological polar surface area (TPSA) is 55.1 Å². The van der Waals surface area contributed by atoms with Gasteiger partial charge >= 0.3 is 0 Å². The fraction of sp³-hybridized carbons (Fsp3) is 0.562. The van der Waals surface area contributed by atoms with Crippen LogP contribution in [0.5, 0.6) is 0 Å². The van der Waals surface area contributed by atoms with Crippen LogP contribution in [0.15, 0.2) is 24.3 Å². The van der Waals surface area contributed by atoms with Crippen LogP contribution in [-0.2, 0) is 11.2 Å². The van der Waals surface area contributed by atoms with Gasteiger partial charge in [-0.05, 0) is 35.4 Å². The van der Waals surface area contributed by atoms with E-state index in [2.05, 4.69) is 33.0 Å². The van der Waals surface area contributed by atoms with Gasteiger partial charge in [-0.2, -0.15) is 0 Å². The maximum Gasteiger partial charge on any atom is 0.220 e. The molecule has 1 aromatic carbocycles. The molecule has 0 heterocycles. The van der Waals surface area contributed by atoms with Gasteiger partial charge < -0.3 is 11.1 Å². The minimum atomic E-state index is 0.137. The van der Waals surface area contributed by atoms with Gasteiger partial charge in [0, 0.05) is 18.7 Å². The highest BCUT2D eigenvalue weighted by atomic mass is 16.1. The summed E-state index contributed by atoms with van der Waals surface area (Å²) in [7, 11) is 0. The molecule has 106 valence electrons. The summed E-state index contributed by atoms with van der Waals surface area (Å²) in [5, 5.41) is 2.98. The molecule has 0 radical (unpaired) electrons. The van der Waals surface area contributed by atoms with Gasteiger partial charge in [0.05, 0.1) is 0 Å². The van der Waals surface area contributed by atoms with Gasteiger partial charge in [-0.3, -0.25) is 4.79 Å². The monoisotopic (exact) mass is 262 g/mol. The van der Waals surface area contributed by atoms with E-state index in [1.165, 1.54) is 5.56 Å². The Balaban J connectivity index is 2.29. The lowest BCUT2D eigenvalue weighted by atomic mass is 9.80. The Hall–Kier alpha value is -1.51. The van der Waals surface area contributed by atoms with E-state index >= 15 is 0 Å². The summed E-state index contributed by atoms with van der Waals surface area (Å²) >= 11 is 0. The van der Waals surface area contributed by atoms with Gasteiger partial charge in [0.15, 0.2) is 0 Å². The Morgan fingerprint density at radius 2 is 1.84 bits per heavy atom. The SMILES string of the molecule is CC(CC(=O)NCCc1ccc(N)cc1)C(C)(C)C. The smallest absolute Gasteiger partial charge is 0.220 e. The maximum absolute atomic E-state index is 11.8. The van der Waals surface area contributed by atoms with Gasteiger partial charge in [0.25, 0.3) is 0 Å². The zero-order valence-corrected chi connectivity index (χ0v) is 12.5. The molecular weight excluding hydrogens is 236 g/mol. The van der Waals surface area contributed by atoms with Crippen LogP contribution in [0.25, 0.3) is 0 Å². The van der Waals surface area contributed by atoms with E-state index in [0.29, 0.717) is 18.9 Å². The van der Waals surface area contributed by atoms with Crippen molar-refractivity contribution in [2.75, 3.05) is 12.3 Å². The van der Waals surface area contributed by atoms with E-state index in [9.17, 15) is 4.79 Å². The predicted molar refractivity (Wildman–Crippen MR) is 80.8 cm³/mol. The minimum Gasteiger partial charge on any atom is -0.399 e. The van der Waals surface area contributed by atoms with Gasteiger partial charge in [-0.25, -0.2) is 0 Å². The summed E-state index contributed by atoms with van der Waals surface area (Å²) in [4.78, 5) is 11.8. The second-order valence-corrected chi connectivity index (χ2v) is 6.31. The van der Waals surface area contributed by atoms with Crippen molar-refractivity contribution in [1.82, 2.24) is 5.32 Å². The summed E-state index contributed by atoms with van der Waals surface area (Å²) in [6, 6.07) is 7.77. The number of nitrogens with two attached hydrogens (primary N) is 1. The number of hydrogen-bond donors (Lipinski definition) is 2. The van der Waals surface area contributed by atoms with Crippen LogP contribution >= 0.6 is 0 Å². The molecule has 3 N–H and O–H groups in total. The van der Waals surface area contributed by atoms with Crippen LogP contribution in [0, 0.1) is 11.3 Å². The van der Waals surface area contributed by atoms with Crippen molar-refractivity contribution >= 4 is 11.6 Å². The first-order valence-corrected chi connectivity index (χ1v) is 6.90. The molecule has 3 nitrogen and oxygen atoms in total. The molecule has 3 heteroatoms. The number of carbonyl (C=O) groups excluding carboxylic acids is 1. The average Bonchev–Trinajstić information content (AvgIpc) is 2.30. The van der Waals surface area contributed by atoms with Crippen LogP contribution in [0.1, 0.15) is 39.7 Å². The molecule has 19 heavy (non-hydrogen) atoms. The highest BCUT2D eigenvalue weighted by Gasteiger charge is 2.22. The van der Waals surface area contributed by atoms with E-state index in [1.807, 2.05) is 24.3 Å². The lowest BCUT2D eigenvalue weighted by molar-refractivity contribution is -0.122. The fourth-order valence-electron chi connectivity index (χ4n) is 1.69. The third-order valence-electron chi connectivity index (χ3n) is 3.69. The number of amides is 1. The molecule has 1 atom stereocenters. The molecule has 0 spiro atoms. The minimum absolute atomic E-state index is 0.137. The van der Waals surface area contributed by atoms with E-state index < -0.39 is 0 Å². The lowest BCUT2D eigenvalue weighted by Gasteiger charge is -2.26. The molecule has 1 aromatic rings. The zero-order valence-electron chi connectivity index (χ0n) is 12.5. The highest BCUT2D eigenvalue weighted by molar-refractivity contribution is 5.76. The number of benzene rings is 1. The normalized spacial score (nSPS) is 13.1. The van der Waals surface area contributed by atoms with Crippen molar-refractivity contribution in [2.24, 2.45) is 11.3 Å². The van der Waals surface area contributed by atoms with Crippen LogP contribution in [0.2, 0.25) is 0 Å². The van der Waals surface area contributed by atoms with Crippen molar-refractivity contribution in [2.45, 2.75) is 40.5 Å². The first kappa shape index (κ1) is 15.5. The van der Waals surface area contributed by atoms with E-state index in [4.69, 9.17) is 5.73 Å². The molecular formula is C16H26N2O. The molecule has 0 bridgehead atoms. The molecule has 1 unspecified atom stereocenters. The largest absolute Gasteiger partial charge is 0.399 e. The van der Waals surface area contributed by atoms with Crippen molar-refractivity contribution in [1.29, 1.82) is 0 Å². The van der Waals surface area contributed by atoms with Gasteiger partial charge in [0.2, 0.25) is 5.91 Å². The average molecular weight is 262 g/mol. The number of anilines is 1. The lowest BCUT2D eigenvalue weighted by Crippen LogP contribution is -2.30. The summed E-state index contributed by atoms with van der Waals surface area (Å²) in [6.45, 7) is 9.30. The first-order valence-electron chi connectivity index (χ1n) is 6.90. The molecule has 0 aromatic heterocycles. The molecule has 0 fully saturated rings. The Kier molecular flexibility index (Phi) is 5.40. The molecule has 1 rings (SSSR count). The molecule has 0 aliphatic carbocycles. The Morgan fingerprint density at radius 1 is 1.26 bits per heavy atom. The number of carbonyl (C=O) groups is 1. The van der Waals surface area contributed by atoms with Crippen LogP contribution in [-0.4, -0.2) is 12.5 Å². The van der Waals surface area contributed by atoms with Crippen molar-refractivity contribution in [3.05, 3.63) is 29.8 Å².